The van der Waals surface area contributed by atoms with Gasteiger partial charge < -0.3 is 28.4 Å². The van der Waals surface area contributed by atoms with Crippen molar-refractivity contribution in [2.24, 2.45) is 0 Å². The van der Waals surface area contributed by atoms with Gasteiger partial charge >= 0.3 is 23.9 Å². The minimum absolute atomic E-state index is 0.00666. The second-order valence-corrected chi connectivity index (χ2v) is 12.6. The molecule has 0 atom stereocenters. The largest absolute Gasteiger partial charge is 0.493 e. The zero-order valence-corrected chi connectivity index (χ0v) is 30.6. The first-order valence-corrected chi connectivity index (χ1v) is 17.9. The van der Waals surface area contributed by atoms with E-state index in [1.54, 1.807) is 42.5 Å². The van der Waals surface area contributed by atoms with Crippen LogP contribution < -0.4 is 9.47 Å². The smallest absolute Gasteiger partial charge is 0.334 e. The summed E-state index contributed by atoms with van der Waals surface area (Å²) in [6.07, 6.45) is 8.22. The number of hydrogen-bond acceptors (Lipinski definition) is 11. The summed E-state index contributed by atoms with van der Waals surface area (Å²) in [7, 11) is 1.23. The quantitative estimate of drug-likeness (QED) is 0.0376. The molecule has 4 rings (SSSR count). The first-order valence-electron chi connectivity index (χ1n) is 17.9. The Labute approximate surface area is 315 Å². The number of carbonyl (C=O) groups excluding carboxylic acids is 5. The van der Waals surface area contributed by atoms with E-state index >= 15 is 0 Å². The third-order valence-corrected chi connectivity index (χ3v) is 8.41. The highest BCUT2D eigenvalue weighted by atomic mass is 16.6. The van der Waals surface area contributed by atoms with Crippen LogP contribution in [0.3, 0.4) is 0 Å². The lowest BCUT2D eigenvalue weighted by Gasteiger charge is -2.21. The number of esters is 4. The lowest BCUT2D eigenvalue weighted by molar-refractivity contribution is -0.151. The van der Waals surface area contributed by atoms with E-state index in [1.807, 2.05) is 36.4 Å². The van der Waals surface area contributed by atoms with Crippen LogP contribution in [-0.4, -0.2) is 69.3 Å². The Balaban J connectivity index is 1.12. The summed E-state index contributed by atoms with van der Waals surface area (Å²) in [6.45, 7) is 7.76. The van der Waals surface area contributed by atoms with Gasteiger partial charge in [0.25, 0.3) is 0 Å². The van der Waals surface area contributed by atoms with Crippen molar-refractivity contribution in [2.45, 2.75) is 57.5 Å². The number of benzene rings is 3. The third-order valence-electron chi connectivity index (χ3n) is 8.41. The Hall–Kier alpha value is -5.97. The van der Waals surface area contributed by atoms with E-state index < -0.39 is 23.9 Å². The first kappa shape index (κ1) is 40.8. The molecular formula is C43H46O11. The third kappa shape index (κ3) is 13.9. The van der Waals surface area contributed by atoms with Crippen LogP contribution in [0.15, 0.2) is 103 Å². The SMILES string of the molecule is C=C(CC(=O)OC)C(=O)OCCOc1ccc(-c2ccc(C(=O)/C=C/c3ccc(OCCCOC(=O)C(=C)CC(=O)OC4CCCCC4)cc3)cc2)cc1. The van der Waals surface area contributed by atoms with Crippen molar-refractivity contribution in [1.29, 1.82) is 0 Å². The van der Waals surface area contributed by atoms with Gasteiger partial charge in [-0.1, -0.05) is 74.2 Å². The van der Waals surface area contributed by atoms with Crippen molar-refractivity contribution >= 4 is 35.7 Å². The number of ether oxygens (including phenoxy) is 6. The number of ketones is 1. The predicted octanol–water partition coefficient (Wildman–Crippen LogP) is 7.43. The van der Waals surface area contributed by atoms with Gasteiger partial charge in [-0.05, 0) is 72.7 Å². The summed E-state index contributed by atoms with van der Waals surface area (Å²) in [6, 6.07) is 21.9. The average molecular weight is 739 g/mol. The number of rotatable bonds is 20. The zero-order chi connectivity index (χ0) is 38.7. The summed E-state index contributed by atoms with van der Waals surface area (Å²) in [5, 5.41) is 0. The summed E-state index contributed by atoms with van der Waals surface area (Å²) >= 11 is 0. The van der Waals surface area contributed by atoms with E-state index in [0.29, 0.717) is 30.1 Å². The molecule has 0 spiro atoms. The Bertz CT molecular complexity index is 1780. The van der Waals surface area contributed by atoms with Gasteiger partial charge in [0.05, 0.1) is 33.2 Å². The van der Waals surface area contributed by atoms with Gasteiger partial charge in [0.15, 0.2) is 5.78 Å². The van der Waals surface area contributed by atoms with Gasteiger partial charge in [0.1, 0.15) is 30.8 Å². The molecule has 3 aromatic rings. The molecular weight excluding hydrogens is 692 g/mol. The Morgan fingerprint density at radius 2 is 1.19 bits per heavy atom. The van der Waals surface area contributed by atoms with Crippen molar-refractivity contribution in [2.75, 3.05) is 33.5 Å². The topological polar surface area (TPSA) is 141 Å². The maximum absolute atomic E-state index is 12.8. The molecule has 284 valence electrons. The molecule has 1 saturated carbocycles. The molecule has 0 radical (unpaired) electrons. The van der Waals surface area contributed by atoms with Crippen LogP contribution >= 0.6 is 0 Å². The average Bonchev–Trinajstić information content (AvgIpc) is 3.19. The zero-order valence-electron chi connectivity index (χ0n) is 30.6. The van der Waals surface area contributed by atoms with Gasteiger partial charge in [-0.15, -0.1) is 0 Å². The Morgan fingerprint density at radius 1 is 0.648 bits per heavy atom. The van der Waals surface area contributed by atoms with Crippen LogP contribution in [-0.2, 0) is 38.1 Å². The predicted molar refractivity (Wildman–Crippen MR) is 202 cm³/mol. The Morgan fingerprint density at radius 3 is 1.80 bits per heavy atom. The van der Waals surface area contributed by atoms with E-state index in [2.05, 4.69) is 17.9 Å². The van der Waals surface area contributed by atoms with Gasteiger partial charge in [-0.25, -0.2) is 9.59 Å². The normalized spacial score (nSPS) is 12.7. The minimum Gasteiger partial charge on any atom is -0.493 e. The molecule has 11 nitrogen and oxygen atoms in total. The molecule has 1 aliphatic rings. The molecule has 0 saturated heterocycles. The maximum Gasteiger partial charge on any atom is 0.334 e. The number of methoxy groups -OCH3 is 1. The molecule has 1 fully saturated rings. The minimum atomic E-state index is -0.681. The van der Waals surface area contributed by atoms with Gasteiger partial charge in [0.2, 0.25) is 0 Å². The van der Waals surface area contributed by atoms with E-state index in [1.165, 1.54) is 13.2 Å². The maximum atomic E-state index is 12.8. The highest BCUT2D eigenvalue weighted by Crippen LogP contribution is 2.24. The highest BCUT2D eigenvalue weighted by molar-refractivity contribution is 6.07. The monoisotopic (exact) mass is 738 g/mol. The highest BCUT2D eigenvalue weighted by Gasteiger charge is 2.20. The van der Waals surface area contributed by atoms with E-state index in [-0.39, 0.29) is 55.7 Å². The second-order valence-electron chi connectivity index (χ2n) is 12.6. The number of allylic oxidation sites excluding steroid dienone is 1. The molecule has 3 aromatic carbocycles. The van der Waals surface area contributed by atoms with Crippen molar-refractivity contribution in [3.8, 4) is 22.6 Å². The molecule has 0 N–H and O–H groups in total. The molecule has 0 aromatic heterocycles. The summed E-state index contributed by atoms with van der Waals surface area (Å²) < 4.78 is 31.6. The van der Waals surface area contributed by atoms with Crippen LogP contribution in [0.2, 0.25) is 0 Å². The fraction of sp³-hybridized carbons (Fsp3) is 0.326. The van der Waals surface area contributed by atoms with E-state index in [9.17, 15) is 24.0 Å². The van der Waals surface area contributed by atoms with Crippen LogP contribution in [0.4, 0.5) is 0 Å². The number of hydrogen-bond donors (Lipinski definition) is 0. The molecule has 0 amide bonds. The fourth-order valence-corrected chi connectivity index (χ4v) is 5.40. The molecule has 1 aliphatic carbocycles. The second kappa shape index (κ2) is 21.5. The molecule has 0 unspecified atom stereocenters. The van der Waals surface area contributed by atoms with E-state index in [4.69, 9.17) is 23.7 Å². The van der Waals surface area contributed by atoms with Gasteiger partial charge in [0, 0.05) is 23.1 Å². The first-order chi connectivity index (χ1) is 26.1. The van der Waals surface area contributed by atoms with Gasteiger partial charge in [-0.2, -0.15) is 0 Å². The van der Waals surface area contributed by atoms with Crippen LogP contribution in [0.5, 0.6) is 11.5 Å². The van der Waals surface area contributed by atoms with Crippen LogP contribution in [0.25, 0.3) is 17.2 Å². The summed E-state index contributed by atoms with van der Waals surface area (Å²) in [4.78, 5) is 60.2. The van der Waals surface area contributed by atoms with Crippen molar-refractivity contribution in [3.05, 3.63) is 114 Å². The number of carbonyl (C=O) groups is 5. The van der Waals surface area contributed by atoms with Crippen molar-refractivity contribution < 1.29 is 52.4 Å². The van der Waals surface area contributed by atoms with Gasteiger partial charge in [-0.3, -0.25) is 14.4 Å². The molecule has 0 heterocycles. The van der Waals surface area contributed by atoms with Crippen molar-refractivity contribution in [1.82, 2.24) is 0 Å². The lowest BCUT2D eigenvalue weighted by atomic mass is 9.98. The Kier molecular flexibility index (Phi) is 16.3. The summed E-state index contributed by atoms with van der Waals surface area (Å²) in [5.74, 6) is -1.23. The van der Waals surface area contributed by atoms with Crippen LogP contribution in [0.1, 0.15) is 67.3 Å². The molecule has 54 heavy (non-hydrogen) atoms. The standard InChI is InChI=1S/C43H46O11/c1-30(28-40(45)49-3)43(48)53-27-26-51-37-21-17-34(18-22-37)33-13-15-35(16-14-33)39(44)23-12-32-10-19-36(20-11-32)50-24-7-25-52-42(47)31(2)29-41(46)54-38-8-5-4-6-9-38/h10-23,38H,1-2,4-9,24-29H2,3H3/b23-12+. The lowest BCUT2D eigenvalue weighted by Crippen LogP contribution is -2.22. The fourth-order valence-electron chi connectivity index (χ4n) is 5.40. The molecule has 0 bridgehead atoms. The summed E-state index contributed by atoms with van der Waals surface area (Å²) in [5.41, 5.74) is 3.31. The van der Waals surface area contributed by atoms with Crippen LogP contribution in [0, 0.1) is 0 Å². The molecule has 11 heteroatoms. The van der Waals surface area contributed by atoms with Crippen molar-refractivity contribution in [3.63, 3.8) is 0 Å². The molecule has 0 aliphatic heterocycles. The van der Waals surface area contributed by atoms with E-state index in [0.717, 1.165) is 48.8 Å².